The van der Waals surface area contributed by atoms with Gasteiger partial charge in [0.25, 0.3) is 5.82 Å². The number of benzene rings is 3. The van der Waals surface area contributed by atoms with Gasteiger partial charge in [-0.25, -0.2) is 14.5 Å². The highest BCUT2D eigenvalue weighted by Crippen LogP contribution is 2.26. The SMILES string of the molecule is Cc1ccc(-n2nc(C(=O)OCC(=O)c3ccc(Cl)cc3)nc2-c2ccc(Br)cc2)cc1Cl. The van der Waals surface area contributed by atoms with Crippen molar-refractivity contribution < 1.29 is 14.3 Å². The fourth-order valence-corrected chi connectivity index (χ4v) is 3.56. The van der Waals surface area contributed by atoms with Gasteiger partial charge in [0.15, 0.2) is 18.2 Å². The Bertz CT molecular complexity index is 1340. The molecule has 9 heteroatoms. The third-order valence-electron chi connectivity index (χ3n) is 4.79. The lowest BCUT2D eigenvalue weighted by Crippen LogP contribution is -2.15. The third-order valence-corrected chi connectivity index (χ3v) is 5.98. The Kier molecular flexibility index (Phi) is 6.93. The zero-order chi connectivity index (χ0) is 23.5. The highest BCUT2D eigenvalue weighted by molar-refractivity contribution is 9.10. The number of aromatic nitrogens is 3. The van der Waals surface area contributed by atoms with Crippen molar-refractivity contribution in [1.29, 1.82) is 0 Å². The van der Waals surface area contributed by atoms with Crippen LogP contribution in [0.25, 0.3) is 17.1 Å². The van der Waals surface area contributed by atoms with Gasteiger partial charge in [0, 0.05) is 25.6 Å². The quantitative estimate of drug-likeness (QED) is 0.209. The molecule has 0 aliphatic rings. The number of carbonyl (C=O) groups excluding carboxylic acids is 2. The molecule has 1 aromatic heterocycles. The van der Waals surface area contributed by atoms with E-state index in [0.717, 1.165) is 15.6 Å². The van der Waals surface area contributed by atoms with E-state index in [1.165, 1.54) is 4.68 Å². The van der Waals surface area contributed by atoms with Crippen LogP contribution in [-0.4, -0.2) is 33.1 Å². The van der Waals surface area contributed by atoms with Gasteiger partial charge in [0.05, 0.1) is 5.69 Å². The minimum atomic E-state index is -0.812. The van der Waals surface area contributed by atoms with Crippen LogP contribution in [0, 0.1) is 6.92 Å². The number of hydrogen-bond donors (Lipinski definition) is 0. The number of hydrogen-bond acceptors (Lipinski definition) is 5. The van der Waals surface area contributed by atoms with Crippen LogP contribution in [0.4, 0.5) is 0 Å². The summed E-state index contributed by atoms with van der Waals surface area (Å²) < 4.78 is 7.60. The molecular weight excluding hydrogens is 529 g/mol. The second-order valence-corrected chi connectivity index (χ2v) is 8.88. The standard InChI is InChI=1S/C24H16BrCl2N3O3/c1-14-2-11-19(12-20(14)27)30-23(16-3-7-17(25)8-4-16)28-22(29-30)24(32)33-13-21(31)15-5-9-18(26)10-6-15/h2-12H,13H2,1H3. The minimum absolute atomic E-state index is 0.173. The Balaban J connectivity index is 1.63. The summed E-state index contributed by atoms with van der Waals surface area (Å²) in [5, 5.41) is 5.41. The first-order valence-electron chi connectivity index (χ1n) is 9.77. The summed E-state index contributed by atoms with van der Waals surface area (Å²) in [7, 11) is 0. The number of halogens is 3. The molecule has 6 nitrogen and oxygen atoms in total. The van der Waals surface area contributed by atoms with Crippen LogP contribution in [0.1, 0.15) is 26.5 Å². The average Bonchev–Trinajstić information content (AvgIpc) is 3.25. The fraction of sp³-hybridized carbons (Fsp3) is 0.0833. The van der Waals surface area contributed by atoms with Crippen molar-refractivity contribution in [3.63, 3.8) is 0 Å². The van der Waals surface area contributed by atoms with E-state index < -0.39 is 12.6 Å². The van der Waals surface area contributed by atoms with Crippen LogP contribution in [-0.2, 0) is 4.74 Å². The first kappa shape index (κ1) is 23.2. The monoisotopic (exact) mass is 543 g/mol. The Hall–Kier alpha value is -3.00. The zero-order valence-electron chi connectivity index (χ0n) is 17.3. The molecule has 0 spiro atoms. The third kappa shape index (κ3) is 5.33. The van der Waals surface area contributed by atoms with E-state index in [1.54, 1.807) is 30.3 Å². The molecule has 33 heavy (non-hydrogen) atoms. The van der Waals surface area contributed by atoms with E-state index in [4.69, 9.17) is 27.9 Å². The summed E-state index contributed by atoms with van der Waals surface area (Å²) in [5.41, 5.74) is 2.66. The van der Waals surface area contributed by atoms with Gasteiger partial charge in [-0.3, -0.25) is 4.79 Å². The second kappa shape index (κ2) is 9.87. The lowest BCUT2D eigenvalue weighted by Gasteiger charge is -2.07. The largest absolute Gasteiger partial charge is 0.451 e. The number of Topliss-reactive ketones (excluding diaryl/α,β-unsaturated/α-hetero) is 1. The molecule has 0 aliphatic carbocycles. The molecule has 4 rings (SSSR count). The van der Waals surface area contributed by atoms with Gasteiger partial charge in [0.1, 0.15) is 0 Å². The summed E-state index contributed by atoms with van der Waals surface area (Å²) in [6, 6.07) is 19.2. The predicted molar refractivity (Wildman–Crippen MR) is 130 cm³/mol. The normalized spacial score (nSPS) is 10.8. The van der Waals surface area contributed by atoms with Crippen molar-refractivity contribution in [2.75, 3.05) is 6.61 Å². The lowest BCUT2D eigenvalue weighted by molar-refractivity contribution is 0.0462. The molecule has 0 radical (unpaired) electrons. The number of ether oxygens (including phenoxy) is 1. The molecule has 4 aromatic rings. The van der Waals surface area contributed by atoms with Crippen molar-refractivity contribution in [1.82, 2.24) is 14.8 Å². The Morgan fingerprint density at radius 3 is 2.36 bits per heavy atom. The Morgan fingerprint density at radius 2 is 1.70 bits per heavy atom. The Morgan fingerprint density at radius 1 is 1.00 bits per heavy atom. The molecule has 0 amide bonds. The van der Waals surface area contributed by atoms with Gasteiger partial charge in [0.2, 0.25) is 0 Å². The van der Waals surface area contributed by atoms with E-state index in [2.05, 4.69) is 26.0 Å². The van der Waals surface area contributed by atoms with Crippen molar-refractivity contribution >= 4 is 50.9 Å². The summed E-state index contributed by atoms with van der Waals surface area (Å²) >= 11 is 15.6. The summed E-state index contributed by atoms with van der Waals surface area (Å²) in [6.45, 7) is 1.45. The maximum absolute atomic E-state index is 12.7. The maximum atomic E-state index is 12.7. The second-order valence-electron chi connectivity index (χ2n) is 7.12. The molecule has 0 saturated carbocycles. The lowest BCUT2D eigenvalue weighted by atomic mass is 10.1. The number of carbonyl (C=O) groups is 2. The average molecular weight is 545 g/mol. The van der Waals surface area contributed by atoms with Gasteiger partial charge in [-0.05, 0) is 61.0 Å². The predicted octanol–water partition coefficient (Wildman–Crippen LogP) is 6.35. The first-order valence-corrected chi connectivity index (χ1v) is 11.3. The number of nitrogens with zero attached hydrogens (tertiary/aromatic N) is 3. The van der Waals surface area contributed by atoms with Crippen LogP contribution in [0.5, 0.6) is 0 Å². The van der Waals surface area contributed by atoms with Crippen LogP contribution >= 0.6 is 39.1 Å². The molecule has 0 bridgehead atoms. The van der Waals surface area contributed by atoms with Gasteiger partial charge < -0.3 is 4.74 Å². The first-order chi connectivity index (χ1) is 15.8. The zero-order valence-corrected chi connectivity index (χ0v) is 20.4. The van der Waals surface area contributed by atoms with E-state index in [1.807, 2.05) is 43.3 Å². The van der Waals surface area contributed by atoms with Gasteiger partial charge in [-0.1, -0.05) is 57.3 Å². The molecule has 3 aromatic carbocycles. The minimum Gasteiger partial charge on any atom is -0.451 e. The molecule has 0 N–H and O–H groups in total. The van der Waals surface area contributed by atoms with Gasteiger partial charge in [-0.15, -0.1) is 5.10 Å². The van der Waals surface area contributed by atoms with E-state index in [0.29, 0.717) is 27.1 Å². The van der Waals surface area contributed by atoms with Crippen LogP contribution in [0.3, 0.4) is 0 Å². The highest BCUT2D eigenvalue weighted by Gasteiger charge is 2.21. The van der Waals surface area contributed by atoms with Crippen LogP contribution < -0.4 is 0 Å². The molecule has 0 fully saturated rings. The van der Waals surface area contributed by atoms with E-state index >= 15 is 0 Å². The number of rotatable bonds is 6. The van der Waals surface area contributed by atoms with Crippen LogP contribution in [0.15, 0.2) is 71.2 Å². The Labute approximate surface area is 208 Å². The van der Waals surface area contributed by atoms with Gasteiger partial charge in [-0.2, -0.15) is 0 Å². The summed E-state index contributed by atoms with van der Waals surface area (Å²) in [4.78, 5) is 29.4. The molecule has 0 saturated heterocycles. The van der Waals surface area contributed by atoms with Crippen LogP contribution in [0.2, 0.25) is 10.0 Å². The molecule has 0 unspecified atom stereocenters. The maximum Gasteiger partial charge on any atom is 0.378 e. The molecule has 166 valence electrons. The van der Waals surface area contributed by atoms with E-state index in [9.17, 15) is 9.59 Å². The summed E-state index contributed by atoms with van der Waals surface area (Å²) in [6.07, 6.45) is 0. The molecule has 0 aliphatic heterocycles. The molecule has 0 atom stereocenters. The van der Waals surface area contributed by atoms with Crippen molar-refractivity contribution in [2.24, 2.45) is 0 Å². The molecule has 1 heterocycles. The summed E-state index contributed by atoms with van der Waals surface area (Å²) in [5.74, 6) is -0.919. The highest BCUT2D eigenvalue weighted by atomic mass is 79.9. The van der Waals surface area contributed by atoms with Crippen molar-refractivity contribution in [2.45, 2.75) is 6.92 Å². The smallest absolute Gasteiger partial charge is 0.378 e. The van der Waals surface area contributed by atoms with E-state index in [-0.39, 0.29) is 11.6 Å². The topological polar surface area (TPSA) is 74.1 Å². The molecular formula is C24H16BrCl2N3O3. The fourth-order valence-electron chi connectivity index (χ4n) is 2.99. The number of ketones is 1. The van der Waals surface area contributed by atoms with Crippen molar-refractivity contribution in [3.05, 3.63) is 98.2 Å². The van der Waals surface area contributed by atoms with Crippen molar-refractivity contribution in [3.8, 4) is 17.1 Å². The number of esters is 1. The number of aryl methyl sites for hydroxylation is 1. The van der Waals surface area contributed by atoms with Gasteiger partial charge >= 0.3 is 5.97 Å².